The molecule has 4 heterocycles. The van der Waals surface area contributed by atoms with Gasteiger partial charge in [0.05, 0.1) is 4.88 Å². The maximum atomic E-state index is 12.8. The SMILES string of the molecule is O=C(c1csc(-c2cccs2)n1)N1CCC(C(=O)N2CCCCCC2)CC1. The number of likely N-dealkylation sites (tertiary alicyclic amines) is 2. The molecule has 27 heavy (non-hydrogen) atoms. The lowest BCUT2D eigenvalue weighted by atomic mass is 9.95. The van der Waals surface area contributed by atoms with Gasteiger partial charge in [0.2, 0.25) is 5.91 Å². The molecule has 0 atom stereocenters. The first kappa shape index (κ1) is 18.6. The number of carbonyl (C=O) groups is 2. The number of nitrogens with zero attached hydrogens (tertiary/aromatic N) is 3. The van der Waals surface area contributed by atoms with Crippen molar-refractivity contribution in [3.63, 3.8) is 0 Å². The lowest BCUT2D eigenvalue weighted by Crippen LogP contribution is -2.44. The lowest BCUT2D eigenvalue weighted by Gasteiger charge is -2.33. The highest BCUT2D eigenvalue weighted by atomic mass is 32.1. The molecule has 0 aliphatic carbocycles. The molecule has 0 saturated carbocycles. The van der Waals surface area contributed by atoms with E-state index in [1.807, 2.05) is 27.8 Å². The van der Waals surface area contributed by atoms with Crippen LogP contribution in [-0.2, 0) is 4.79 Å². The fourth-order valence-corrected chi connectivity index (χ4v) is 5.53. The molecular formula is C20H25N3O2S2. The molecule has 0 N–H and O–H groups in total. The summed E-state index contributed by atoms with van der Waals surface area (Å²) in [6, 6.07) is 4.02. The van der Waals surface area contributed by atoms with E-state index in [1.165, 1.54) is 24.2 Å². The fourth-order valence-electron chi connectivity index (χ4n) is 3.93. The summed E-state index contributed by atoms with van der Waals surface area (Å²) in [5.74, 6) is 0.372. The Bertz CT molecular complexity index is 771. The van der Waals surface area contributed by atoms with E-state index in [4.69, 9.17) is 0 Å². The van der Waals surface area contributed by atoms with Crippen molar-refractivity contribution in [2.75, 3.05) is 26.2 Å². The van der Waals surface area contributed by atoms with Gasteiger partial charge in [-0.15, -0.1) is 22.7 Å². The quantitative estimate of drug-likeness (QED) is 0.774. The van der Waals surface area contributed by atoms with E-state index in [0.29, 0.717) is 24.7 Å². The van der Waals surface area contributed by atoms with E-state index in [9.17, 15) is 9.59 Å². The highest BCUT2D eigenvalue weighted by Gasteiger charge is 2.31. The highest BCUT2D eigenvalue weighted by molar-refractivity contribution is 7.20. The second kappa shape index (κ2) is 8.52. The second-order valence-electron chi connectivity index (χ2n) is 7.32. The van der Waals surface area contributed by atoms with E-state index in [2.05, 4.69) is 9.88 Å². The summed E-state index contributed by atoms with van der Waals surface area (Å²) in [5.41, 5.74) is 0.528. The molecule has 7 heteroatoms. The topological polar surface area (TPSA) is 53.5 Å². The average Bonchev–Trinajstić information content (AvgIpc) is 3.34. The van der Waals surface area contributed by atoms with Gasteiger partial charge in [0.15, 0.2) is 0 Å². The Morgan fingerprint density at radius 3 is 2.37 bits per heavy atom. The van der Waals surface area contributed by atoms with Crippen LogP contribution < -0.4 is 0 Å². The average molecular weight is 404 g/mol. The van der Waals surface area contributed by atoms with Gasteiger partial charge < -0.3 is 9.80 Å². The monoisotopic (exact) mass is 403 g/mol. The largest absolute Gasteiger partial charge is 0.342 e. The van der Waals surface area contributed by atoms with E-state index >= 15 is 0 Å². The zero-order valence-electron chi connectivity index (χ0n) is 15.4. The van der Waals surface area contributed by atoms with Crippen LogP contribution in [0.5, 0.6) is 0 Å². The van der Waals surface area contributed by atoms with E-state index in [0.717, 1.165) is 48.7 Å². The number of thiophene rings is 1. The van der Waals surface area contributed by atoms with Crippen molar-refractivity contribution >= 4 is 34.5 Å². The number of amides is 2. The van der Waals surface area contributed by atoms with Crippen molar-refractivity contribution < 1.29 is 9.59 Å². The number of piperidine rings is 1. The summed E-state index contributed by atoms with van der Waals surface area (Å²) >= 11 is 3.15. The number of hydrogen-bond donors (Lipinski definition) is 0. The van der Waals surface area contributed by atoms with Gasteiger partial charge in [-0.1, -0.05) is 18.9 Å². The van der Waals surface area contributed by atoms with E-state index < -0.39 is 0 Å². The molecule has 2 saturated heterocycles. The van der Waals surface area contributed by atoms with Crippen LogP contribution in [0.3, 0.4) is 0 Å². The van der Waals surface area contributed by atoms with Gasteiger partial charge in [-0.3, -0.25) is 9.59 Å². The van der Waals surface area contributed by atoms with Crippen LogP contribution >= 0.6 is 22.7 Å². The normalized spacial score (nSPS) is 19.1. The minimum atomic E-state index is -0.00488. The van der Waals surface area contributed by atoms with Crippen LogP contribution in [0, 0.1) is 5.92 Å². The molecule has 2 amide bonds. The standard InChI is InChI=1S/C20H25N3O2S2/c24-19(22-9-3-1-2-4-10-22)15-7-11-23(12-8-15)20(25)16-14-27-18(21-16)17-6-5-13-26-17/h5-6,13-15H,1-4,7-12H2. The molecule has 2 fully saturated rings. The maximum Gasteiger partial charge on any atom is 0.273 e. The molecule has 0 bridgehead atoms. The van der Waals surface area contributed by atoms with Gasteiger partial charge in [0, 0.05) is 37.5 Å². The fraction of sp³-hybridized carbons (Fsp3) is 0.550. The van der Waals surface area contributed by atoms with Crippen LogP contribution in [0.1, 0.15) is 49.0 Å². The molecule has 2 aliphatic rings. The third-order valence-corrected chi connectivity index (χ3v) is 7.39. The third-order valence-electron chi connectivity index (χ3n) is 5.50. The zero-order chi connectivity index (χ0) is 18.6. The van der Waals surface area contributed by atoms with Crippen LogP contribution in [0.4, 0.5) is 0 Å². The molecule has 144 valence electrons. The molecule has 0 spiro atoms. The Balaban J connectivity index is 1.33. The molecule has 0 aromatic carbocycles. The first-order valence-corrected chi connectivity index (χ1v) is 11.6. The molecule has 4 rings (SSSR count). The van der Waals surface area contributed by atoms with Crippen LogP contribution in [0.25, 0.3) is 9.88 Å². The number of rotatable bonds is 3. The van der Waals surface area contributed by atoms with Gasteiger partial charge in [0.25, 0.3) is 5.91 Å². The molecule has 2 aromatic heterocycles. The van der Waals surface area contributed by atoms with Gasteiger partial charge in [-0.05, 0) is 37.1 Å². The number of carbonyl (C=O) groups excluding carboxylic acids is 2. The predicted molar refractivity (Wildman–Crippen MR) is 109 cm³/mol. The minimum Gasteiger partial charge on any atom is -0.342 e. The highest BCUT2D eigenvalue weighted by Crippen LogP contribution is 2.29. The Morgan fingerprint density at radius 1 is 0.963 bits per heavy atom. The molecule has 0 unspecified atom stereocenters. The van der Waals surface area contributed by atoms with E-state index in [1.54, 1.807) is 11.3 Å². The summed E-state index contributed by atoms with van der Waals surface area (Å²) in [4.78, 5) is 35.1. The first-order valence-electron chi connectivity index (χ1n) is 9.80. The summed E-state index contributed by atoms with van der Waals surface area (Å²) in [7, 11) is 0. The van der Waals surface area contributed by atoms with Crippen LogP contribution in [0.2, 0.25) is 0 Å². The van der Waals surface area contributed by atoms with Crippen molar-refractivity contribution in [3.8, 4) is 9.88 Å². The summed E-state index contributed by atoms with van der Waals surface area (Å²) in [6.07, 6.45) is 6.25. The summed E-state index contributed by atoms with van der Waals surface area (Å²) in [6.45, 7) is 3.11. The molecule has 5 nitrogen and oxygen atoms in total. The van der Waals surface area contributed by atoms with Crippen molar-refractivity contribution in [3.05, 3.63) is 28.6 Å². The van der Waals surface area contributed by atoms with Crippen LogP contribution in [-0.4, -0.2) is 52.8 Å². The summed E-state index contributed by atoms with van der Waals surface area (Å²) < 4.78 is 0. The van der Waals surface area contributed by atoms with Gasteiger partial charge in [0.1, 0.15) is 10.7 Å². The van der Waals surface area contributed by atoms with Gasteiger partial charge in [-0.25, -0.2) is 4.98 Å². The lowest BCUT2D eigenvalue weighted by molar-refractivity contribution is -0.136. The second-order valence-corrected chi connectivity index (χ2v) is 9.13. The van der Waals surface area contributed by atoms with Crippen LogP contribution in [0.15, 0.2) is 22.9 Å². The molecule has 2 aromatic rings. The van der Waals surface area contributed by atoms with Gasteiger partial charge >= 0.3 is 0 Å². The molecular weight excluding hydrogens is 378 g/mol. The Morgan fingerprint density at radius 2 is 1.70 bits per heavy atom. The molecule has 0 radical (unpaired) electrons. The Labute approximate surface area is 168 Å². The first-order chi connectivity index (χ1) is 13.2. The number of hydrogen-bond acceptors (Lipinski definition) is 5. The van der Waals surface area contributed by atoms with Crippen molar-refractivity contribution in [2.24, 2.45) is 5.92 Å². The third kappa shape index (κ3) is 4.24. The van der Waals surface area contributed by atoms with Gasteiger partial charge in [-0.2, -0.15) is 0 Å². The smallest absolute Gasteiger partial charge is 0.273 e. The Kier molecular flexibility index (Phi) is 5.88. The van der Waals surface area contributed by atoms with Crippen molar-refractivity contribution in [2.45, 2.75) is 38.5 Å². The van der Waals surface area contributed by atoms with Crippen molar-refractivity contribution in [1.29, 1.82) is 0 Å². The van der Waals surface area contributed by atoms with E-state index in [-0.39, 0.29) is 11.8 Å². The van der Waals surface area contributed by atoms with Crippen molar-refractivity contribution in [1.82, 2.24) is 14.8 Å². The predicted octanol–water partition coefficient (Wildman–Crippen LogP) is 4.13. The number of aromatic nitrogens is 1. The number of thiazole rings is 1. The summed E-state index contributed by atoms with van der Waals surface area (Å²) in [5, 5.41) is 4.77. The zero-order valence-corrected chi connectivity index (χ0v) is 17.1. The molecule has 2 aliphatic heterocycles. The maximum absolute atomic E-state index is 12.8. The minimum absolute atomic E-state index is 0.00488. The Hall–Kier alpha value is -1.73.